The van der Waals surface area contributed by atoms with Crippen molar-refractivity contribution >= 4 is 23.9 Å². The van der Waals surface area contributed by atoms with Crippen LogP contribution in [-0.2, 0) is 0 Å². The zero-order valence-corrected chi connectivity index (χ0v) is 8.90. The Balaban J connectivity index is 2.20. The van der Waals surface area contributed by atoms with Crippen LogP contribution in [0, 0.1) is 5.92 Å². The Morgan fingerprint density at radius 2 is 2.33 bits per heavy atom. The molecule has 2 aliphatic rings. The second kappa shape index (κ2) is 3.92. The molecule has 0 aromatic carbocycles. The van der Waals surface area contributed by atoms with Crippen molar-refractivity contribution in [2.24, 2.45) is 15.0 Å². The highest BCUT2D eigenvalue weighted by molar-refractivity contribution is 6.21. The minimum absolute atomic E-state index is 0.472. The Labute approximate surface area is 88.6 Å². The van der Waals surface area contributed by atoms with Crippen LogP contribution < -0.4 is 0 Å². The molecule has 0 spiro atoms. The Morgan fingerprint density at radius 3 is 3.00 bits per heavy atom. The maximum absolute atomic E-state index is 11.0. The van der Waals surface area contributed by atoms with E-state index >= 15 is 0 Å². The van der Waals surface area contributed by atoms with Crippen molar-refractivity contribution in [3.63, 3.8) is 0 Å². The third kappa shape index (κ3) is 2.11. The predicted octanol–water partition coefficient (Wildman–Crippen LogP) is 1.31. The number of amidine groups is 2. The van der Waals surface area contributed by atoms with Gasteiger partial charge in [-0.05, 0) is 13.3 Å². The Hall–Kier alpha value is -1.52. The van der Waals surface area contributed by atoms with E-state index in [1.165, 1.54) is 6.21 Å². The van der Waals surface area contributed by atoms with Crippen molar-refractivity contribution in [1.29, 1.82) is 0 Å². The van der Waals surface area contributed by atoms with Gasteiger partial charge in [0, 0.05) is 26.2 Å². The number of aliphatic imine (C=N–C) groups is 3. The van der Waals surface area contributed by atoms with E-state index < -0.39 is 6.03 Å². The van der Waals surface area contributed by atoms with Gasteiger partial charge in [-0.3, -0.25) is 0 Å². The van der Waals surface area contributed by atoms with E-state index in [1.54, 1.807) is 0 Å². The summed E-state index contributed by atoms with van der Waals surface area (Å²) in [4.78, 5) is 24.8. The van der Waals surface area contributed by atoms with Gasteiger partial charge in [0.15, 0.2) is 0 Å². The van der Waals surface area contributed by atoms with Gasteiger partial charge in [0.25, 0.3) is 0 Å². The first-order valence-electron chi connectivity index (χ1n) is 4.96. The summed E-state index contributed by atoms with van der Waals surface area (Å²) in [5.74, 6) is 2.33. The second-order valence-corrected chi connectivity index (χ2v) is 3.71. The number of nitrogens with zero attached hydrogens (tertiary/aromatic N) is 4. The fraction of sp³-hybridized carbons (Fsp3) is 0.500. The van der Waals surface area contributed by atoms with Crippen LogP contribution >= 0.6 is 0 Å². The number of carbonyl (C=O) groups excluding carboxylic acids is 1. The molecule has 0 N–H and O–H groups in total. The van der Waals surface area contributed by atoms with Crippen molar-refractivity contribution < 1.29 is 4.79 Å². The number of urea groups is 1. The van der Waals surface area contributed by atoms with Crippen molar-refractivity contribution in [2.75, 3.05) is 13.6 Å². The van der Waals surface area contributed by atoms with Gasteiger partial charge < -0.3 is 4.90 Å². The van der Waals surface area contributed by atoms with E-state index in [4.69, 9.17) is 0 Å². The average molecular weight is 205 g/mol. The molecule has 79 valence electrons. The third-order valence-corrected chi connectivity index (χ3v) is 2.49. The summed E-state index contributed by atoms with van der Waals surface area (Å²) in [5.41, 5.74) is 0. The summed E-state index contributed by atoms with van der Waals surface area (Å²) in [6.45, 7) is 2.88. The van der Waals surface area contributed by atoms with Gasteiger partial charge in [0.05, 0.1) is 5.92 Å². The van der Waals surface area contributed by atoms with E-state index in [2.05, 4.69) is 19.9 Å². The second-order valence-electron chi connectivity index (χ2n) is 3.71. The highest BCUT2D eigenvalue weighted by Crippen LogP contribution is 2.13. The summed E-state index contributed by atoms with van der Waals surface area (Å²) < 4.78 is 0. The van der Waals surface area contributed by atoms with Crippen molar-refractivity contribution in [2.45, 2.75) is 19.8 Å². The quantitative estimate of drug-likeness (QED) is 0.598. The van der Waals surface area contributed by atoms with Gasteiger partial charge in [-0.1, -0.05) is 0 Å². The fourth-order valence-corrected chi connectivity index (χ4v) is 1.59. The number of hydrogen-bond acceptors (Lipinski definition) is 2. The van der Waals surface area contributed by atoms with Gasteiger partial charge in [-0.2, -0.15) is 4.99 Å². The lowest BCUT2D eigenvalue weighted by molar-refractivity contribution is 0.257. The molecular weight excluding hydrogens is 192 g/mol. The largest absolute Gasteiger partial charge is 0.368 e. The highest BCUT2D eigenvalue weighted by Gasteiger charge is 2.20. The molecule has 0 saturated carbocycles. The van der Waals surface area contributed by atoms with Crippen LogP contribution in [0.3, 0.4) is 0 Å². The molecule has 0 aromatic heterocycles. The first kappa shape index (κ1) is 10.0. The number of carbonyl (C=O) groups is 1. The highest BCUT2D eigenvalue weighted by atomic mass is 16.2. The van der Waals surface area contributed by atoms with Crippen LogP contribution in [0.1, 0.15) is 19.8 Å². The van der Waals surface area contributed by atoms with Gasteiger partial charge in [-0.25, -0.2) is 14.8 Å². The van der Waals surface area contributed by atoms with Crippen LogP contribution in [0.15, 0.2) is 15.0 Å². The summed E-state index contributed by atoms with van der Waals surface area (Å²) >= 11 is 0. The third-order valence-electron chi connectivity index (χ3n) is 2.49. The molecular formula is C10H13N4O. The minimum Gasteiger partial charge on any atom is -0.363 e. The van der Waals surface area contributed by atoms with Crippen molar-refractivity contribution in [1.82, 2.24) is 4.90 Å². The van der Waals surface area contributed by atoms with E-state index in [9.17, 15) is 4.79 Å². The topological polar surface area (TPSA) is 57.4 Å². The smallest absolute Gasteiger partial charge is 0.363 e. The standard InChI is InChI=1S/C10H13N4O/c1-7-6-11-10(15)13-9(7)12-8-4-3-5-14(8)2/h6H,3-5H2,1-2H3/b12-8-. The molecule has 2 amide bonds. The van der Waals surface area contributed by atoms with Gasteiger partial charge in [-0.15, -0.1) is 0 Å². The first-order chi connectivity index (χ1) is 7.16. The molecule has 0 aliphatic carbocycles. The maximum atomic E-state index is 11.0. The molecule has 0 bridgehead atoms. The molecule has 5 nitrogen and oxygen atoms in total. The van der Waals surface area contributed by atoms with Crippen molar-refractivity contribution in [3.8, 4) is 0 Å². The molecule has 0 unspecified atom stereocenters. The van der Waals surface area contributed by atoms with Crippen LogP contribution in [0.2, 0.25) is 0 Å². The van der Waals surface area contributed by atoms with E-state index in [0.29, 0.717) is 5.84 Å². The zero-order chi connectivity index (χ0) is 10.8. The molecule has 5 heteroatoms. The number of amides is 2. The zero-order valence-electron chi connectivity index (χ0n) is 8.90. The number of likely N-dealkylation sites (tertiary alicyclic amines) is 1. The lowest BCUT2D eigenvalue weighted by Crippen LogP contribution is -2.23. The summed E-state index contributed by atoms with van der Waals surface area (Å²) in [5, 5.41) is 0. The number of hydrogen-bond donors (Lipinski definition) is 0. The fourth-order valence-electron chi connectivity index (χ4n) is 1.59. The van der Waals surface area contributed by atoms with Crippen LogP contribution in [0.25, 0.3) is 0 Å². The summed E-state index contributed by atoms with van der Waals surface area (Å²) in [6, 6.07) is -0.472. The molecule has 2 rings (SSSR count). The molecule has 1 radical (unpaired) electrons. The minimum atomic E-state index is -0.472. The van der Waals surface area contributed by atoms with Gasteiger partial charge >= 0.3 is 6.03 Å². The SMILES string of the molecule is C[C]1C=NC(=O)N=C1/N=C1/CCCN1C. The van der Waals surface area contributed by atoms with Crippen molar-refractivity contribution in [3.05, 3.63) is 5.92 Å². The average Bonchev–Trinajstić information content (AvgIpc) is 2.58. The summed E-state index contributed by atoms with van der Waals surface area (Å²) in [6.07, 6.45) is 3.58. The lowest BCUT2D eigenvalue weighted by Gasteiger charge is -2.13. The van der Waals surface area contributed by atoms with E-state index in [1.807, 2.05) is 14.0 Å². The Morgan fingerprint density at radius 1 is 1.53 bits per heavy atom. The predicted molar refractivity (Wildman–Crippen MR) is 59.5 cm³/mol. The number of rotatable bonds is 0. The lowest BCUT2D eigenvalue weighted by atomic mass is 10.1. The first-order valence-corrected chi connectivity index (χ1v) is 4.96. The van der Waals surface area contributed by atoms with Gasteiger partial charge in [0.1, 0.15) is 11.7 Å². The normalized spacial score (nSPS) is 25.2. The van der Waals surface area contributed by atoms with E-state index in [0.717, 1.165) is 31.1 Å². The molecule has 2 aliphatic heterocycles. The van der Waals surface area contributed by atoms with Crippen LogP contribution in [0.4, 0.5) is 4.79 Å². The molecule has 0 atom stereocenters. The Bertz CT molecular complexity index is 370. The molecule has 1 fully saturated rings. The van der Waals surface area contributed by atoms with Gasteiger partial charge in [0.2, 0.25) is 0 Å². The molecule has 0 aromatic rings. The van der Waals surface area contributed by atoms with Crippen LogP contribution in [-0.4, -0.2) is 42.4 Å². The maximum Gasteiger partial charge on any atom is 0.368 e. The van der Waals surface area contributed by atoms with E-state index in [-0.39, 0.29) is 0 Å². The molecule has 1 saturated heterocycles. The van der Waals surface area contributed by atoms with Crippen LogP contribution in [0.5, 0.6) is 0 Å². The summed E-state index contributed by atoms with van der Waals surface area (Å²) in [7, 11) is 2.00. The molecule has 15 heavy (non-hydrogen) atoms. The molecule has 2 heterocycles. The Kier molecular flexibility index (Phi) is 2.62. The monoisotopic (exact) mass is 205 g/mol.